The molecule has 0 amide bonds. The molecule has 1 N–H and O–H groups in total. The smallest absolute Gasteiger partial charge is 0.119 e. The van der Waals surface area contributed by atoms with Gasteiger partial charge in [-0.15, -0.1) is 0 Å². The summed E-state index contributed by atoms with van der Waals surface area (Å²) in [6.45, 7) is 9.08. The fourth-order valence-corrected chi connectivity index (χ4v) is 3.96. The quantitative estimate of drug-likeness (QED) is 0.315. The van der Waals surface area contributed by atoms with E-state index in [0.29, 0.717) is 5.75 Å². The Morgan fingerprint density at radius 2 is 1.04 bits per heavy atom. The molecular weight excluding hydrogens is 316 g/mol. The van der Waals surface area contributed by atoms with Crippen LogP contribution in [-0.4, -0.2) is 5.11 Å². The molecule has 0 aliphatic heterocycles. The van der Waals surface area contributed by atoms with Crippen molar-refractivity contribution in [3.8, 4) is 5.75 Å². The molecule has 26 heavy (non-hydrogen) atoms. The summed E-state index contributed by atoms with van der Waals surface area (Å²) >= 11 is 0. The fourth-order valence-electron chi connectivity index (χ4n) is 3.96. The summed E-state index contributed by atoms with van der Waals surface area (Å²) in [7, 11) is 0. The molecule has 0 bridgehead atoms. The minimum Gasteiger partial charge on any atom is -0.508 e. The third-order valence-corrected chi connectivity index (χ3v) is 5.63. The Bertz CT molecular complexity index is 489. The van der Waals surface area contributed by atoms with E-state index in [1.54, 1.807) is 5.56 Å². The van der Waals surface area contributed by atoms with Gasteiger partial charge in [0.25, 0.3) is 0 Å². The van der Waals surface area contributed by atoms with E-state index in [1.807, 2.05) is 0 Å². The van der Waals surface area contributed by atoms with Crippen LogP contribution in [-0.2, 0) is 25.7 Å². The third kappa shape index (κ3) is 7.72. The predicted molar refractivity (Wildman–Crippen MR) is 116 cm³/mol. The highest BCUT2D eigenvalue weighted by Crippen LogP contribution is 2.33. The summed E-state index contributed by atoms with van der Waals surface area (Å²) in [5.74, 6) is 0.581. The fraction of sp³-hybridized carbons (Fsp3) is 0.760. The van der Waals surface area contributed by atoms with Crippen LogP contribution in [0.2, 0.25) is 0 Å². The van der Waals surface area contributed by atoms with Crippen molar-refractivity contribution < 1.29 is 5.11 Å². The predicted octanol–water partition coefficient (Wildman–Crippen LogP) is 7.93. The van der Waals surface area contributed by atoms with Crippen molar-refractivity contribution in [3.63, 3.8) is 0 Å². The van der Waals surface area contributed by atoms with Gasteiger partial charge in [0, 0.05) is 0 Å². The lowest BCUT2D eigenvalue weighted by atomic mass is 9.85. The number of unbranched alkanes of at least 4 members (excludes halogenated alkanes) is 7. The zero-order valence-corrected chi connectivity index (χ0v) is 18.1. The molecule has 0 unspecified atom stereocenters. The van der Waals surface area contributed by atoms with Crippen LogP contribution in [0.3, 0.4) is 0 Å². The summed E-state index contributed by atoms with van der Waals surface area (Å²) < 4.78 is 0. The van der Waals surface area contributed by atoms with Gasteiger partial charge in [-0.05, 0) is 79.7 Å². The van der Waals surface area contributed by atoms with Crippen LogP contribution in [0.15, 0.2) is 6.07 Å². The van der Waals surface area contributed by atoms with Gasteiger partial charge in [-0.25, -0.2) is 0 Å². The molecule has 0 spiro atoms. The monoisotopic (exact) mass is 360 g/mol. The van der Waals surface area contributed by atoms with E-state index < -0.39 is 0 Å². The second-order valence-corrected chi connectivity index (χ2v) is 7.97. The van der Waals surface area contributed by atoms with Gasteiger partial charge in [0.1, 0.15) is 5.75 Å². The molecular formula is C25H44O. The Morgan fingerprint density at radius 1 is 0.538 bits per heavy atom. The molecule has 0 aliphatic carbocycles. The molecule has 0 saturated heterocycles. The van der Waals surface area contributed by atoms with E-state index in [4.69, 9.17) is 0 Å². The van der Waals surface area contributed by atoms with Gasteiger partial charge in [-0.1, -0.05) is 72.6 Å². The number of rotatable bonds is 15. The summed E-state index contributed by atoms with van der Waals surface area (Å²) in [6, 6.07) is 2.12. The minimum atomic E-state index is 0.581. The lowest BCUT2D eigenvalue weighted by Crippen LogP contribution is -2.07. The first-order chi connectivity index (χ1) is 12.7. The molecule has 0 fully saturated rings. The highest BCUT2D eigenvalue weighted by atomic mass is 16.3. The summed E-state index contributed by atoms with van der Waals surface area (Å²) in [5, 5.41) is 10.8. The minimum absolute atomic E-state index is 0.581. The van der Waals surface area contributed by atoms with Crippen LogP contribution in [0.5, 0.6) is 5.75 Å². The van der Waals surface area contributed by atoms with Crippen molar-refractivity contribution in [2.45, 2.75) is 124 Å². The van der Waals surface area contributed by atoms with E-state index >= 15 is 0 Å². The Balaban J connectivity index is 3.10. The van der Waals surface area contributed by atoms with E-state index in [0.717, 1.165) is 19.3 Å². The number of aromatic hydroxyl groups is 1. The number of benzene rings is 1. The van der Waals surface area contributed by atoms with Gasteiger partial charge >= 0.3 is 0 Å². The molecule has 0 heterocycles. The first-order valence-electron chi connectivity index (χ1n) is 11.5. The Hall–Kier alpha value is -0.980. The van der Waals surface area contributed by atoms with Gasteiger partial charge in [-0.3, -0.25) is 0 Å². The zero-order chi connectivity index (χ0) is 19.2. The number of phenolic OH excluding ortho intramolecular Hbond substituents is 1. The molecule has 1 nitrogen and oxygen atoms in total. The van der Waals surface area contributed by atoms with Gasteiger partial charge in [0.15, 0.2) is 0 Å². The second-order valence-electron chi connectivity index (χ2n) is 7.97. The number of aryl methyl sites for hydroxylation is 1. The highest BCUT2D eigenvalue weighted by molar-refractivity contribution is 5.50. The van der Waals surface area contributed by atoms with E-state index in [-0.39, 0.29) is 0 Å². The molecule has 0 saturated carbocycles. The van der Waals surface area contributed by atoms with E-state index in [2.05, 4.69) is 33.8 Å². The van der Waals surface area contributed by atoms with Gasteiger partial charge in [-0.2, -0.15) is 0 Å². The van der Waals surface area contributed by atoms with E-state index in [9.17, 15) is 5.11 Å². The standard InChI is InChI=1S/C25H44O/c1-5-9-13-14-15-19-24-23(18-12-8-4)22(17-11-7-3)21(16-10-6-2)20-25(24)26/h20,26H,5-19H2,1-4H3. The average Bonchev–Trinajstić information content (AvgIpc) is 2.64. The summed E-state index contributed by atoms with van der Waals surface area (Å²) in [5.41, 5.74) is 5.82. The highest BCUT2D eigenvalue weighted by Gasteiger charge is 2.17. The maximum absolute atomic E-state index is 10.8. The molecule has 0 radical (unpaired) electrons. The number of phenols is 1. The normalized spacial score (nSPS) is 11.2. The molecule has 0 atom stereocenters. The lowest BCUT2D eigenvalue weighted by Gasteiger charge is -2.21. The van der Waals surface area contributed by atoms with Crippen molar-refractivity contribution in [1.82, 2.24) is 0 Å². The van der Waals surface area contributed by atoms with Gasteiger partial charge < -0.3 is 5.11 Å². The lowest BCUT2D eigenvalue weighted by molar-refractivity contribution is 0.462. The van der Waals surface area contributed by atoms with E-state index in [1.165, 1.54) is 93.7 Å². The maximum atomic E-state index is 10.8. The number of hydrogen-bond acceptors (Lipinski definition) is 1. The Morgan fingerprint density at radius 3 is 1.65 bits per heavy atom. The number of hydrogen-bond donors (Lipinski definition) is 1. The molecule has 1 aromatic carbocycles. The molecule has 150 valence electrons. The zero-order valence-electron chi connectivity index (χ0n) is 18.1. The third-order valence-electron chi connectivity index (χ3n) is 5.63. The molecule has 0 aromatic heterocycles. The first-order valence-corrected chi connectivity index (χ1v) is 11.5. The summed E-state index contributed by atoms with van der Waals surface area (Å²) in [4.78, 5) is 0. The topological polar surface area (TPSA) is 20.2 Å². The van der Waals surface area contributed by atoms with Crippen LogP contribution in [0.4, 0.5) is 0 Å². The second kappa shape index (κ2) is 14.1. The molecule has 1 rings (SSSR count). The SMILES string of the molecule is CCCCCCCc1c(O)cc(CCCC)c(CCCC)c1CCCC. The average molecular weight is 361 g/mol. The van der Waals surface area contributed by atoms with Crippen LogP contribution in [0.1, 0.15) is 121 Å². The van der Waals surface area contributed by atoms with Crippen LogP contribution >= 0.6 is 0 Å². The van der Waals surface area contributed by atoms with Crippen molar-refractivity contribution >= 4 is 0 Å². The summed E-state index contributed by atoms with van der Waals surface area (Å²) in [6.07, 6.45) is 18.4. The molecule has 1 aromatic rings. The van der Waals surface area contributed by atoms with Crippen LogP contribution in [0.25, 0.3) is 0 Å². The van der Waals surface area contributed by atoms with Crippen molar-refractivity contribution in [2.24, 2.45) is 0 Å². The Labute approximate surface area is 163 Å². The van der Waals surface area contributed by atoms with Crippen LogP contribution < -0.4 is 0 Å². The Kier molecular flexibility index (Phi) is 12.5. The van der Waals surface area contributed by atoms with Crippen molar-refractivity contribution in [2.75, 3.05) is 0 Å². The van der Waals surface area contributed by atoms with Crippen LogP contribution in [0, 0.1) is 0 Å². The largest absolute Gasteiger partial charge is 0.508 e. The van der Waals surface area contributed by atoms with Crippen molar-refractivity contribution in [1.29, 1.82) is 0 Å². The van der Waals surface area contributed by atoms with Gasteiger partial charge in [0.2, 0.25) is 0 Å². The first kappa shape index (κ1) is 23.1. The van der Waals surface area contributed by atoms with Gasteiger partial charge in [0.05, 0.1) is 0 Å². The maximum Gasteiger partial charge on any atom is 0.119 e. The molecule has 0 aliphatic rings. The van der Waals surface area contributed by atoms with Crippen molar-refractivity contribution in [3.05, 3.63) is 28.3 Å². The molecule has 1 heteroatoms.